The number of hydrogen-bond acceptors (Lipinski definition) is 2. The lowest BCUT2D eigenvalue weighted by molar-refractivity contribution is 0.101. The van der Waals surface area contributed by atoms with E-state index in [1.165, 1.54) is 6.92 Å². The molecule has 18 heavy (non-hydrogen) atoms. The third-order valence-electron chi connectivity index (χ3n) is 2.79. The summed E-state index contributed by atoms with van der Waals surface area (Å²) in [6.07, 6.45) is 10.2. The van der Waals surface area contributed by atoms with E-state index in [1.54, 1.807) is 30.3 Å². The highest BCUT2D eigenvalue weighted by atomic mass is 16.1. The van der Waals surface area contributed by atoms with Crippen molar-refractivity contribution in [2.45, 2.75) is 13.3 Å². The van der Waals surface area contributed by atoms with Crippen LogP contribution in [0, 0.1) is 0 Å². The molecule has 1 aliphatic carbocycles. The van der Waals surface area contributed by atoms with Gasteiger partial charge in [0.25, 0.3) is 0 Å². The van der Waals surface area contributed by atoms with Gasteiger partial charge in [0.1, 0.15) is 0 Å². The summed E-state index contributed by atoms with van der Waals surface area (Å²) in [4.78, 5) is 23.6. The summed E-state index contributed by atoms with van der Waals surface area (Å²) in [5, 5.41) is 0. The fourth-order valence-corrected chi connectivity index (χ4v) is 1.79. The van der Waals surface area contributed by atoms with Crippen LogP contribution in [0.25, 0.3) is 0 Å². The van der Waals surface area contributed by atoms with Crippen LogP contribution in [0.5, 0.6) is 0 Å². The Morgan fingerprint density at radius 2 is 1.89 bits per heavy atom. The Morgan fingerprint density at radius 1 is 1.11 bits per heavy atom. The van der Waals surface area contributed by atoms with Gasteiger partial charge in [-0.25, -0.2) is 0 Å². The van der Waals surface area contributed by atoms with Crippen LogP contribution in [0.3, 0.4) is 0 Å². The molecule has 1 aliphatic rings. The van der Waals surface area contributed by atoms with Crippen LogP contribution in [0.15, 0.2) is 60.2 Å². The molecule has 2 rings (SSSR count). The minimum atomic E-state index is -0.0435. The van der Waals surface area contributed by atoms with E-state index in [2.05, 4.69) is 0 Å². The molecule has 0 N–H and O–H groups in total. The summed E-state index contributed by atoms with van der Waals surface area (Å²) >= 11 is 0. The third-order valence-corrected chi connectivity index (χ3v) is 2.79. The summed E-state index contributed by atoms with van der Waals surface area (Å²) in [7, 11) is 0. The van der Waals surface area contributed by atoms with Crippen molar-refractivity contribution in [3.8, 4) is 0 Å². The first-order valence-corrected chi connectivity index (χ1v) is 5.87. The van der Waals surface area contributed by atoms with Gasteiger partial charge in [0.05, 0.1) is 0 Å². The average molecular weight is 238 g/mol. The SMILES string of the molecule is CC(=O)c1cccc(C(=O)C2=CCC=CC=C2)c1. The summed E-state index contributed by atoms with van der Waals surface area (Å²) in [6, 6.07) is 6.85. The highest BCUT2D eigenvalue weighted by Gasteiger charge is 2.11. The Hall–Kier alpha value is -2.22. The lowest BCUT2D eigenvalue weighted by Gasteiger charge is -2.03. The number of allylic oxidation sites excluding steroid dienone is 6. The lowest BCUT2D eigenvalue weighted by Crippen LogP contribution is -2.03. The van der Waals surface area contributed by atoms with Gasteiger partial charge in [-0.15, -0.1) is 0 Å². The second-order valence-corrected chi connectivity index (χ2v) is 4.15. The van der Waals surface area contributed by atoms with Crippen LogP contribution < -0.4 is 0 Å². The maximum Gasteiger partial charge on any atom is 0.192 e. The standard InChI is InChI=1S/C16H14O2/c1-12(17)14-9-6-10-15(11-14)16(18)13-7-4-2-3-5-8-13/h2-4,6-11H,5H2,1H3. The molecule has 0 aliphatic heterocycles. The largest absolute Gasteiger partial charge is 0.295 e. The van der Waals surface area contributed by atoms with Gasteiger partial charge < -0.3 is 0 Å². The second-order valence-electron chi connectivity index (χ2n) is 4.15. The lowest BCUT2D eigenvalue weighted by atomic mass is 9.99. The summed E-state index contributed by atoms with van der Waals surface area (Å²) in [6.45, 7) is 1.50. The zero-order chi connectivity index (χ0) is 13.0. The van der Waals surface area contributed by atoms with E-state index in [4.69, 9.17) is 0 Å². The number of benzene rings is 1. The van der Waals surface area contributed by atoms with E-state index in [0.29, 0.717) is 16.7 Å². The molecule has 0 fully saturated rings. The highest BCUT2D eigenvalue weighted by molar-refractivity contribution is 6.11. The van der Waals surface area contributed by atoms with E-state index in [-0.39, 0.29) is 11.6 Å². The van der Waals surface area contributed by atoms with Gasteiger partial charge in [0, 0.05) is 16.7 Å². The van der Waals surface area contributed by atoms with Crippen LogP contribution in [-0.4, -0.2) is 11.6 Å². The van der Waals surface area contributed by atoms with Crippen LogP contribution >= 0.6 is 0 Å². The first-order chi connectivity index (χ1) is 8.68. The van der Waals surface area contributed by atoms with Crippen LogP contribution in [0.2, 0.25) is 0 Å². The molecule has 0 saturated heterocycles. The molecule has 0 bridgehead atoms. The van der Waals surface area contributed by atoms with Crippen LogP contribution in [-0.2, 0) is 0 Å². The molecular formula is C16H14O2. The number of carbonyl (C=O) groups is 2. The van der Waals surface area contributed by atoms with E-state index < -0.39 is 0 Å². The zero-order valence-corrected chi connectivity index (χ0v) is 10.2. The number of ketones is 2. The number of Topliss-reactive ketones (excluding diaryl/α,β-unsaturated/α-hetero) is 2. The van der Waals surface area contributed by atoms with Crippen molar-refractivity contribution in [3.63, 3.8) is 0 Å². The fourth-order valence-electron chi connectivity index (χ4n) is 1.79. The van der Waals surface area contributed by atoms with Crippen molar-refractivity contribution in [2.75, 3.05) is 0 Å². The molecule has 0 atom stereocenters. The number of hydrogen-bond donors (Lipinski definition) is 0. The number of rotatable bonds is 3. The molecule has 0 amide bonds. The van der Waals surface area contributed by atoms with Gasteiger partial charge in [-0.2, -0.15) is 0 Å². The van der Waals surface area contributed by atoms with Gasteiger partial charge in [-0.05, 0) is 19.4 Å². The molecule has 2 nitrogen and oxygen atoms in total. The molecule has 90 valence electrons. The van der Waals surface area contributed by atoms with Gasteiger partial charge in [0.15, 0.2) is 11.6 Å². The molecule has 0 aromatic heterocycles. The first kappa shape index (κ1) is 12.2. The average Bonchev–Trinajstić information content (AvgIpc) is 2.67. The molecule has 1 aromatic carbocycles. The molecular weight excluding hydrogens is 224 g/mol. The predicted molar refractivity (Wildman–Crippen MR) is 71.8 cm³/mol. The van der Waals surface area contributed by atoms with Crippen LogP contribution in [0.4, 0.5) is 0 Å². The monoisotopic (exact) mass is 238 g/mol. The molecule has 1 aromatic rings. The molecule has 0 radical (unpaired) electrons. The smallest absolute Gasteiger partial charge is 0.192 e. The molecule has 0 spiro atoms. The summed E-state index contributed by atoms with van der Waals surface area (Å²) < 4.78 is 0. The van der Waals surface area contributed by atoms with Crippen molar-refractivity contribution in [1.82, 2.24) is 0 Å². The van der Waals surface area contributed by atoms with Crippen molar-refractivity contribution < 1.29 is 9.59 Å². The van der Waals surface area contributed by atoms with E-state index in [1.807, 2.05) is 24.3 Å². The van der Waals surface area contributed by atoms with Gasteiger partial charge in [0.2, 0.25) is 0 Å². The Balaban J connectivity index is 2.31. The van der Waals surface area contributed by atoms with Crippen LogP contribution in [0.1, 0.15) is 34.1 Å². The third kappa shape index (κ3) is 2.72. The van der Waals surface area contributed by atoms with E-state index in [0.717, 1.165) is 6.42 Å². The maximum absolute atomic E-state index is 12.3. The van der Waals surface area contributed by atoms with E-state index >= 15 is 0 Å². The normalized spacial score (nSPS) is 13.9. The maximum atomic E-state index is 12.3. The quantitative estimate of drug-likeness (QED) is 0.755. The van der Waals surface area contributed by atoms with E-state index in [9.17, 15) is 9.59 Å². The van der Waals surface area contributed by atoms with Crippen molar-refractivity contribution in [2.24, 2.45) is 0 Å². The minimum absolute atomic E-state index is 0.0308. The van der Waals surface area contributed by atoms with Gasteiger partial charge in [-0.1, -0.05) is 48.6 Å². The molecule has 0 heterocycles. The van der Waals surface area contributed by atoms with Gasteiger partial charge >= 0.3 is 0 Å². The van der Waals surface area contributed by atoms with Gasteiger partial charge in [-0.3, -0.25) is 9.59 Å². The Labute approximate surface area is 106 Å². The number of carbonyl (C=O) groups excluding carboxylic acids is 2. The zero-order valence-electron chi connectivity index (χ0n) is 10.2. The summed E-state index contributed by atoms with van der Waals surface area (Å²) in [5.74, 6) is -0.0743. The van der Waals surface area contributed by atoms with Crippen molar-refractivity contribution >= 4 is 11.6 Å². The summed E-state index contributed by atoms with van der Waals surface area (Å²) in [5.41, 5.74) is 1.79. The second kappa shape index (κ2) is 5.41. The molecule has 0 unspecified atom stereocenters. The Morgan fingerprint density at radius 3 is 2.67 bits per heavy atom. The highest BCUT2D eigenvalue weighted by Crippen LogP contribution is 2.14. The fraction of sp³-hybridized carbons (Fsp3) is 0.125. The topological polar surface area (TPSA) is 34.1 Å². The Bertz CT molecular complexity index is 575. The minimum Gasteiger partial charge on any atom is -0.295 e. The molecule has 0 saturated carbocycles. The van der Waals surface area contributed by atoms with Crippen molar-refractivity contribution in [1.29, 1.82) is 0 Å². The first-order valence-electron chi connectivity index (χ1n) is 5.87. The predicted octanol–water partition coefficient (Wildman–Crippen LogP) is 3.51. The van der Waals surface area contributed by atoms with Crippen molar-refractivity contribution in [3.05, 3.63) is 71.3 Å². The Kier molecular flexibility index (Phi) is 3.68. The molecule has 2 heteroatoms.